The second kappa shape index (κ2) is 23.4. The topological polar surface area (TPSA) is 155 Å². The predicted molar refractivity (Wildman–Crippen MR) is 235 cm³/mol. The van der Waals surface area contributed by atoms with E-state index in [9.17, 15) is 19.1 Å². The number of amides is 1. The summed E-state index contributed by atoms with van der Waals surface area (Å²) in [5.41, 5.74) is 1.73. The third kappa shape index (κ3) is 13.5. The second-order valence-electron chi connectivity index (χ2n) is 16.1. The Morgan fingerprint density at radius 3 is 2.30 bits per heavy atom. The molecule has 3 saturated heterocycles. The van der Waals surface area contributed by atoms with Crippen LogP contribution in [0.15, 0.2) is 60.7 Å². The molecule has 5 rings (SSSR count). The van der Waals surface area contributed by atoms with Crippen molar-refractivity contribution < 1.29 is 61.7 Å². The molecular formula is C42H59B2NO13PS2. The van der Waals surface area contributed by atoms with Crippen molar-refractivity contribution in [1.29, 1.82) is 0 Å². The fourth-order valence-corrected chi connectivity index (χ4v) is 10.9. The molecule has 0 saturated carbocycles. The molecule has 0 N–H and O–H groups in total. The summed E-state index contributed by atoms with van der Waals surface area (Å²) in [4.78, 5) is 41.2. The predicted octanol–water partition coefficient (Wildman–Crippen LogP) is 6.94. The summed E-state index contributed by atoms with van der Waals surface area (Å²) < 4.78 is 67.4. The van der Waals surface area contributed by atoms with Gasteiger partial charge in [-0.25, -0.2) is 9.59 Å². The van der Waals surface area contributed by atoms with E-state index in [1.54, 1.807) is 25.6 Å². The van der Waals surface area contributed by atoms with Gasteiger partial charge in [0.25, 0.3) is 0 Å². The maximum atomic E-state index is 13.8. The van der Waals surface area contributed by atoms with Crippen LogP contribution in [0.1, 0.15) is 72.4 Å². The van der Waals surface area contributed by atoms with Crippen molar-refractivity contribution in [2.24, 2.45) is 17.8 Å². The molecule has 0 aromatic heterocycles. The molecule has 12 atom stereocenters. The quantitative estimate of drug-likeness (QED) is 0.0256. The Morgan fingerprint density at radius 2 is 1.69 bits per heavy atom. The van der Waals surface area contributed by atoms with Gasteiger partial charge in [-0.05, 0) is 25.0 Å². The van der Waals surface area contributed by atoms with Gasteiger partial charge in [0.15, 0.2) is 0 Å². The van der Waals surface area contributed by atoms with Crippen molar-refractivity contribution >= 4 is 62.0 Å². The van der Waals surface area contributed by atoms with E-state index >= 15 is 0 Å². The van der Waals surface area contributed by atoms with Gasteiger partial charge in [0.2, 0.25) is 0 Å². The van der Waals surface area contributed by atoms with Crippen LogP contribution in [-0.2, 0) is 70.1 Å². The molecule has 1 amide bonds. The Labute approximate surface area is 370 Å². The molecule has 3 fully saturated rings. The second-order valence-corrected chi connectivity index (χ2v) is 19.8. The third-order valence-electron chi connectivity index (χ3n) is 11.2. The van der Waals surface area contributed by atoms with Crippen molar-refractivity contribution in [3.63, 3.8) is 0 Å². The Morgan fingerprint density at radius 1 is 1.00 bits per heavy atom. The van der Waals surface area contributed by atoms with E-state index in [0.29, 0.717) is 6.54 Å². The SMILES string of the molecule is CC[C@H](C)C1O[C@H](O[C@H]2C([C@H]3COC(C)(C)O3)O[C@@](OCSSCN(Cc3ccccc3)C(=O)OCc3ccccc3)(C(=O)OC)C[C@H]2C)C(OC(C)=O)[C@@H](C)[C@@H]1P[B]B=O. The molecule has 19 heteroatoms. The number of carbonyl (C=O) groups is 3. The molecule has 2 aromatic carbocycles. The minimum atomic E-state index is -1.85. The fourth-order valence-electron chi connectivity index (χ4n) is 7.85. The van der Waals surface area contributed by atoms with Gasteiger partial charge in [0, 0.05) is 6.54 Å². The van der Waals surface area contributed by atoms with E-state index in [4.69, 9.17) is 42.6 Å². The summed E-state index contributed by atoms with van der Waals surface area (Å²) in [5, 5.41) is 0. The number of rotatable bonds is 20. The van der Waals surface area contributed by atoms with Crippen molar-refractivity contribution in [3.8, 4) is 0 Å². The molecule has 3 aliphatic rings. The molecule has 0 aliphatic carbocycles. The molecule has 14 nitrogen and oxygen atoms in total. The summed E-state index contributed by atoms with van der Waals surface area (Å²) in [6, 6.07) is 19.1. The maximum absolute atomic E-state index is 13.8. The van der Waals surface area contributed by atoms with Crippen LogP contribution in [0, 0.1) is 17.8 Å². The number of methoxy groups -OCH3 is 1. The average Bonchev–Trinajstić information content (AvgIpc) is 3.62. The number of ether oxygens (including phenoxy) is 9. The zero-order valence-electron chi connectivity index (χ0n) is 36.2. The molecular weight excluding hydrogens is 843 g/mol. The van der Waals surface area contributed by atoms with Crippen LogP contribution in [0.4, 0.5) is 4.79 Å². The van der Waals surface area contributed by atoms with Crippen LogP contribution in [-0.4, -0.2) is 116 Å². The molecule has 2 aromatic rings. The first-order valence-corrected chi connectivity index (χ1v) is 24.3. The van der Waals surface area contributed by atoms with E-state index < -0.39 is 66.2 Å². The number of nitrogens with zero attached hydrogens (tertiary/aromatic N) is 1. The van der Waals surface area contributed by atoms with Gasteiger partial charge in [-0.1, -0.05) is 82.3 Å². The first-order valence-electron chi connectivity index (χ1n) is 20.7. The molecule has 61 heavy (non-hydrogen) atoms. The fraction of sp³-hybridized carbons (Fsp3) is 0.643. The summed E-state index contributed by atoms with van der Waals surface area (Å²) in [5.74, 6) is -4.30. The van der Waals surface area contributed by atoms with Crippen LogP contribution in [0.3, 0.4) is 0 Å². The Hall–Kier alpha value is -2.53. The molecule has 3 aliphatic heterocycles. The zero-order chi connectivity index (χ0) is 44.2. The normalized spacial score (nSPS) is 30.3. The van der Waals surface area contributed by atoms with Gasteiger partial charge in [-0.15, -0.1) is 0 Å². The third-order valence-corrected chi connectivity index (χ3v) is 14.6. The molecule has 4 unspecified atom stereocenters. The Bertz CT molecular complexity index is 1720. The summed E-state index contributed by atoms with van der Waals surface area (Å²) in [6.07, 6.45) is -4.06. The Kier molecular flexibility index (Phi) is 19.0. The van der Waals surface area contributed by atoms with Gasteiger partial charge in [0.05, 0.1) is 13.0 Å². The number of hydrogen-bond donors (Lipinski definition) is 0. The van der Waals surface area contributed by atoms with E-state index in [1.165, 1.54) is 35.6 Å². The van der Waals surface area contributed by atoms with Gasteiger partial charge in [-0.2, -0.15) is 0 Å². The number of benzene rings is 2. The molecule has 1 radical (unpaired) electrons. The summed E-state index contributed by atoms with van der Waals surface area (Å²) in [6.45, 7) is 15.2. The van der Waals surface area contributed by atoms with Gasteiger partial charge in [-0.3, -0.25) is 4.90 Å². The van der Waals surface area contributed by atoms with Gasteiger partial charge >= 0.3 is 209 Å². The van der Waals surface area contributed by atoms with Crippen LogP contribution >= 0.6 is 30.0 Å². The van der Waals surface area contributed by atoms with E-state index in [1.807, 2.05) is 74.5 Å². The van der Waals surface area contributed by atoms with Crippen molar-refractivity contribution in [2.75, 3.05) is 25.5 Å². The Balaban J connectivity index is 1.33. The van der Waals surface area contributed by atoms with E-state index in [-0.39, 0.29) is 63.5 Å². The van der Waals surface area contributed by atoms with E-state index in [2.05, 4.69) is 13.8 Å². The van der Waals surface area contributed by atoms with Crippen LogP contribution in [0.25, 0.3) is 0 Å². The molecule has 3 heterocycles. The van der Waals surface area contributed by atoms with Gasteiger partial charge < -0.3 is 9.47 Å². The summed E-state index contributed by atoms with van der Waals surface area (Å²) in [7, 11) is 4.88. The van der Waals surface area contributed by atoms with Crippen LogP contribution in [0.5, 0.6) is 0 Å². The molecule has 0 bridgehead atoms. The average molecular weight is 903 g/mol. The van der Waals surface area contributed by atoms with Crippen LogP contribution in [0.2, 0.25) is 0 Å². The minimum absolute atomic E-state index is 0.00910. The molecule has 333 valence electrons. The van der Waals surface area contributed by atoms with Crippen molar-refractivity contribution in [1.82, 2.24) is 4.90 Å². The van der Waals surface area contributed by atoms with E-state index in [0.717, 1.165) is 24.6 Å². The number of hydrogen-bond acceptors (Lipinski definition) is 15. The standard InChI is InChI=1S/C42H59B2NO13PS2/c1-9-26(2)34-37(59-44-43-49)28(4)35(54-29(5)46)38(56-34)55-33-27(3)20-42(39(47)50-8,58-36(33)32-23-52-41(6,7)57-32)53-25-61-60-24-45(21-30-16-12-10-13-17-30)40(48)51-22-31-18-14-11-15-19-31/h10-19,26-28,32-38,59H,9,20-25H2,1-8H3/t26-,27+,28+,32+,33+,34?,35?,36?,37-,38-,42+/m0/s1. The first kappa shape index (κ1) is 49.5. The number of carbonyl (C=O) groups excluding carboxylic acids is 3. The summed E-state index contributed by atoms with van der Waals surface area (Å²) >= 11 is 0. The number of esters is 2. The van der Waals surface area contributed by atoms with Crippen molar-refractivity contribution in [3.05, 3.63) is 71.8 Å². The first-order chi connectivity index (χ1) is 29.2. The van der Waals surface area contributed by atoms with Crippen LogP contribution < -0.4 is 0 Å². The van der Waals surface area contributed by atoms with Gasteiger partial charge in [0.1, 0.15) is 12.5 Å². The molecule has 0 spiro atoms. The zero-order valence-corrected chi connectivity index (χ0v) is 38.9. The van der Waals surface area contributed by atoms with Crippen molar-refractivity contribution in [2.45, 2.75) is 129 Å². The monoisotopic (exact) mass is 902 g/mol.